The van der Waals surface area contributed by atoms with Crippen molar-refractivity contribution in [2.24, 2.45) is 11.7 Å². The Balaban J connectivity index is 1.75. The van der Waals surface area contributed by atoms with E-state index in [1.54, 1.807) is 7.11 Å². The highest BCUT2D eigenvalue weighted by atomic mass is 16.5. The molecule has 1 aliphatic heterocycles. The van der Waals surface area contributed by atoms with Gasteiger partial charge in [-0.15, -0.1) is 0 Å². The minimum atomic E-state index is 0.0686. The Morgan fingerprint density at radius 3 is 2.62 bits per heavy atom. The molecule has 26 heavy (non-hydrogen) atoms. The summed E-state index contributed by atoms with van der Waals surface area (Å²) < 4.78 is 5.27. The fraction of sp³-hybridized carbons (Fsp3) is 0.381. The van der Waals surface area contributed by atoms with Crippen LogP contribution in [0.15, 0.2) is 48.5 Å². The van der Waals surface area contributed by atoms with Crippen molar-refractivity contribution in [2.75, 3.05) is 25.5 Å². The zero-order valence-corrected chi connectivity index (χ0v) is 15.4. The predicted octanol–water partition coefficient (Wildman–Crippen LogP) is 3.64. The Bertz CT molecular complexity index is 752. The van der Waals surface area contributed by atoms with E-state index in [1.165, 1.54) is 0 Å². The number of carbonyl (C=O) groups excluding carboxylic acids is 1. The first-order chi connectivity index (χ1) is 12.6. The number of hydrogen-bond acceptors (Lipinski definition) is 4. The van der Waals surface area contributed by atoms with Gasteiger partial charge in [0.2, 0.25) is 0 Å². The Kier molecular flexibility index (Phi) is 5.78. The van der Waals surface area contributed by atoms with Gasteiger partial charge in [0, 0.05) is 30.9 Å². The van der Waals surface area contributed by atoms with Crippen molar-refractivity contribution in [3.63, 3.8) is 0 Å². The standard InChI is InChI=1S/C21H27N3O2/c1-15(22)16-10-12-24(13-11-16)21(25)19-8-3-4-9-20(19)23-17-6-5-7-18(14-17)26-2/h3-9,14-16,23H,10-13,22H2,1-2H3. The lowest BCUT2D eigenvalue weighted by Gasteiger charge is -2.34. The number of methoxy groups -OCH3 is 1. The third-order valence-corrected chi connectivity index (χ3v) is 5.08. The number of rotatable bonds is 5. The second kappa shape index (κ2) is 8.23. The Morgan fingerprint density at radius 1 is 1.19 bits per heavy atom. The maximum absolute atomic E-state index is 13.0. The highest BCUT2D eigenvalue weighted by molar-refractivity contribution is 6.00. The summed E-state index contributed by atoms with van der Waals surface area (Å²) in [6.45, 7) is 3.58. The van der Waals surface area contributed by atoms with E-state index in [-0.39, 0.29) is 11.9 Å². The quantitative estimate of drug-likeness (QED) is 0.861. The minimum absolute atomic E-state index is 0.0686. The number of anilines is 2. The number of carbonyl (C=O) groups is 1. The SMILES string of the molecule is COc1cccc(Nc2ccccc2C(=O)N2CCC(C(C)N)CC2)c1. The molecule has 2 aromatic rings. The molecule has 0 spiro atoms. The maximum atomic E-state index is 13.0. The molecule has 0 bridgehead atoms. The maximum Gasteiger partial charge on any atom is 0.255 e. The molecule has 1 saturated heterocycles. The van der Waals surface area contributed by atoms with E-state index < -0.39 is 0 Å². The zero-order chi connectivity index (χ0) is 18.5. The zero-order valence-electron chi connectivity index (χ0n) is 15.4. The molecule has 0 aliphatic carbocycles. The number of likely N-dealkylation sites (tertiary alicyclic amines) is 1. The minimum Gasteiger partial charge on any atom is -0.497 e. The van der Waals surface area contributed by atoms with Crippen molar-refractivity contribution in [3.8, 4) is 5.75 Å². The van der Waals surface area contributed by atoms with Crippen molar-refractivity contribution < 1.29 is 9.53 Å². The normalized spacial score (nSPS) is 16.2. The molecule has 1 amide bonds. The second-order valence-corrected chi connectivity index (χ2v) is 6.89. The summed E-state index contributed by atoms with van der Waals surface area (Å²) in [4.78, 5) is 15.0. The van der Waals surface area contributed by atoms with Crippen molar-refractivity contribution in [2.45, 2.75) is 25.8 Å². The van der Waals surface area contributed by atoms with E-state index in [0.29, 0.717) is 11.5 Å². The van der Waals surface area contributed by atoms with Crippen LogP contribution in [0.2, 0.25) is 0 Å². The van der Waals surface area contributed by atoms with E-state index in [1.807, 2.05) is 53.4 Å². The van der Waals surface area contributed by atoms with Crippen LogP contribution in [0, 0.1) is 5.92 Å². The number of piperidine rings is 1. The molecule has 5 heteroatoms. The topological polar surface area (TPSA) is 67.6 Å². The Labute approximate surface area is 155 Å². The van der Waals surface area contributed by atoms with Gasteiger partial charge in [-0.25, -0.2) is 0 Å². The van der Waals surface area contributed by atoms with Crippen LogP contribution in [0.1, 0.15) is 30.1 Å². The molecule has 3 rings (SSSR count). The first-order valence-electron chi connectivity index (χ1n) is 9.13. The van der Waals surface area contributed by atoms with Crippen LogP contribution in [-0.4, -0.2) is 37.0 Å². The number of nitrogens with two attached hydrogens (primary N) is 1. The number of benzene rings is 2. The van der Waals surface area contributed by atoms with Gasteiger partial charge in [-0.3, -0.25) is 4.79 Å². The highest BCUT2D eigenvalue weighted by Gasteiger charge is 2.26. The monoisotopic (exact) mass is 353 g/mol. The molecule has 1 atom stereocenters. The number of nitrogens with one attached hydrogen (secondary N) is 1. The molecule has 0 radical (unpaired) electrons. The molecule has 1 unspecified atom stereocenters. The van der Waals surface area contributed by atoms with Crippen molar-refractivity contribution in [1.82, 2.24) is 4.90 Å². The molecule has 1 fully saturated rings. The van der Waals surface area contributed by atoms with Gasteiger partial charge in [-0.1, -0.05) is 18.2 Å². The molecular weight excluding hydrogens is 326 g/mol. The van der Waals surface area contributed by atoms with Crippen LogP contribution in [0.25, 0.3) is 0 Å². The summed E-state index contributed by atoms with van der Waals surface area (Å²) in [5.74, 6) is 1.35. The number of amides is 1. The number of hydrogen-bond donors (Lipinski definition) is 2. The van der Waals surface area contributed by atoms with Crippen LogP contribution in [0.4, 0.5) is 11.4 Å². The lowest BCUT2D eigenvalue weighted by molar-refractivity contribution is 0.0682. The molecular formula is C21H27N3O2. The van der Waals surface area contributed by atoms with Crippen molar-refractivity contribution in [1.29, 1.82) is 0 Å². The van der Waals surface area contributed by atoms with E-state index in [0.717, 1.165) is 43.1 Å². The lowest BCUT2D eigenvalue weighted by Crippen LogP contribution is -2.42. The van der Waals surface area contributed by atoms with Crippen molar-refractivity contribution in [3.05, 3.63) is 54.1 Å². The Morgan fingerprint density at radius 2 is 1.92 bits per heavy atom. The number of ether oxygens (including phenoxy) is 1. The summed E-state index contributed by atoms with van der Waals surface area (Å²) >= 11 is 0. The molecule has 0 aromatic heterocycles. The van der Waals surface area contributed by atoms with Crippen LogP contribution in [-0.2, 0) is 0 Å². The fourth-order valence-electron chi connectivity index (χ4n) is 3.43. The largest absolute Gasteiger partial charge is 0.497 e. The summed E-state index contributed by atoms with van der Waals surface area (Å²) in [5, 5.41) is 3.35. The second-order valence-electron chi connectivity index (χ2n) is 6.89. The van der Waals surface area contributed by atoms with Gasteiger partial charge in [0.05, 0.1) is 18.4 Å². The van der Waals surface area contributed by atoms with E-state index in [2.05, 4.69) is 12.2 Å². The smallest absolute Gasteiger partial charge is 0.255 e. The van der Waals surface area contributed by atoms with Gasteiger partial charge >= 0.3 is 0 Å². The molecule has 1 heterocycles. The predicted molar refractivity (Wildman–Crippen MR) is 105 cm³/mol. The Hall–Kier alpha value is -2.53. The average Bonchev–Trinajstić information content (AvgIpc) is 2.68. The summed E-state index contributed by atoms with van der Waals surface area (Å²) in [6.07, 6.45) is 1.93. The summed E-state index contributed by atoms with van der Waals surface area (Å²) in [5.41, 5.74) is 8.39. The van der Waals surface area contributed by atoms with E-state index >= 15 is 0 Å². The summed E-state index contributed by atoms with van der Waals surface area (Å²) in [7, 11) is 1.64. The number of para-hydroxylation sites is 1. The third kappa shape index (κ3) is 4.17. The average molecular weight is 353 g/mol. The van der Waals surface area contributed by atoms with Crippen LogP contribution in [0.3, 0.4) is 0 Å². The molecule has 0 saturated carbocycles. The highest BCUT2D eigenvalue weighted by Crippen LogP contribution is 2.27. The van der Waals surface area contributed by atoms with Gasteiger partial charge in [0.15, 0.2) is 0 Å². The molecule has 3 N–H and O–H groups in total. The fourth-order valence-corrected chi connectivity index (χ4v) is 3.43. The first-order valence-corrected chi connectivity index (χ1v) is 9.13. The third-order valence-electron chi connectivity index (χ3n) is 5.08. The first kappa shape index (κ1) is 18.3. The van der Waals surface area contributed by atoms with Crippen molar-refractivity contribution >= 4 is 17.3 Å². The van der Waals surface area contributed by atoms with Crippen LogP contribution in [0.5, 0.6) is 5.75 Å². The van der Waals surface area contributed by atoms with Crippen LogP contribution < -0.4 is 15.8 Å². The summed E-state index contributed by atoms with van der Waals surface area (Å²) in [6, 6.07) is 15.5. The molecule has 2 aromatic carbocycles. The molecule has 5 nitrogen and oxygen atoms in total. The van der Waals surface area contributed by atoms with Crippen LogP contribution >= 0.6 is 0 Å². The molecule has 1 aliphatic rings. The van der Waals surface area contributed by atoms with E-state index in [9.17, 15) is 4.79 Å². The van der Waals surface area contributed by atoms with Gasteiger partial charge in [-0.2, -0.15) is 0 Å². The van der Waals surface area contributed by atoms with Gasteiger partial charge in [0.1, 0.15) is 5.75 Å². The number of nitrogens with zero attached hydrogens (tertiary/aromatic N) is 1. The molecule has 138 valence electrons. The van der Waals surface area contributed by atoms with Gasteiger partial charge in [-0.05, 0) is 49.9 Å². The van der Waals surface area contributed by atoms with Gasteiger partial charge in [0.25, 0.3) is 5.91 Å². The van der Waals surface area contributed by atoms with E-state index in [4.69, 9.17) is 10.5 Å². The lowest BCUT2D eigenvalue weighted by atomic mass is 9.90. The van der Waals surface area contributed by atoms with Gasteiger partial charge < -0.3 is 20.7 Å².